The number of hydrogen-bond acceptors (Lipinski definition) is 5. The maximum Gasteiger partial charge on any atom is 0.417 e. The fourth-order valence-electron chi connectivity index (χ4n) is 1.80. The minimum atomic E-state index is -4.46. The number of alkyl halides is 3. The van der Waals surface area contributed by atoms with E-state index in [0.29, 0.717) is 17.7 Å². The normalized spacial score (nSPS) is 12.0. The van der Waals surface area contributed by atoms with Gasteiger partial charge in [-0.1, -0.05) is 5.92 Å². The second-order valence-electron chi connectivity index (χ2n) is 5.18. The first-order valence-electron chi connectivity index (χ1n) is 7.62. The van der Waals surface area contributed by atoms with Crippen LogP contribution in [0, 0.1) is 12.3 Å². The number of benzene rings is 1. The van der Waals surface area contributed by atoms with Gasteiger partial charge >= 0.3 is 6.18 Å². The predicted molar refractivity (Wildman–Crippen MR) is 88.8 cm³/mol. The van der Waals surface area contributed by atoms with Gasteiger partial charge in [0.2, 0.25) is 5.88 Å². The molecule has 0 aliphatic rings. The Morgan fingerprint density at radius 3 is 2.44 bits per heavy atom. The van der Waals surface area contributed by atoms with E-state index in [1.807, 2.05) is 0 Å². The number of nitrogens with one attached hydrogen (secondary N) is 1. The van der Waals surface area contributed by atoms with Gasteiger partial charge in [-0.15, -0.1) is 6.42 Å². The maximum atomic E-state index is 12.5. The first kappa shape index (κ1) is 20.1. The Morgan fingerprint density at radius 2 is 1.89 bits per heavy atom. The number of carbonyl (C=O) groups excluding carboxylic acids is 1. The molecule has 27 heavy (non-hydrogen) atoms. The van der Waals surface area contributed by atoms with Gasteiger partial charge < -0.3 is 9.47 Å². The number of carbonyl (C=O) groups is 1. The van der Waals surface area contributed by atoms with Gasteiger partial charge in [-0.2, -0.15) is 13.2 Å². The van der Waals surface area contributed by atoms with Crippen molar-refractivity contribution in [3.8, 4) is 29.7 Å². The number of hydrogen-bond donors (Lipinski definition) is 1. The maximum absolute atomic E-state index is 12.5. The molecule has 0 saturated carbocycles. The minimum absolute atomic E-state index is 0.00933. The highest BCUT2D eigenvalue weighted by Gasteiger charge is 2.30. The van der Waals surface area contributed by atoms with Gasteiger partial charge in [0.25, 0.3) is 5.91 Å². The molecular weight excluding hydrogens is 365 g/mol. The minimum Gasteiger partial charge on any atom is -0.481 e. The zero-order valence-corrected chi connectivity index (χ0v) is 14.1. The van der Waals surface area contributed by atoms with Crippen molar-refractivity contribution >= 4 is 5.91 Å². The summed E-state index contributed by atoms with van der Waals surface area (Å²) in [5, 5.41) is 0. The molecule has 1 aromatic carbocycles. The van der Waals surface area contributed by atoms with Gasteiger partial charge in [0.1, 0.15) is 18.1 Å². The molecule has 0 aliphatic heterocycles. The van der Waals surface area contributed by atoms with Crippen molar-refractivity contribution in [3.63, 3.8) is 0 Å². The van der Waals surface area contributed by atoms with Crippen molar-refractivity contribution in [3.05, 3.63) is 48.2 Å². The quantitative estimate of drug-likeness (QED) is 0.453. The number of ether oxygens (including phenoxy) is 2. The molecule has 0 fully saturated rings. The Balaban J connectivity index is 1.91. The molecule has 6 nitrogen and oxygen atoms in total. The molecule has 1 N–H and O–H groups in total. The van der Waals surface area contributed by atoms with E-state index in [0.717, 1.165) is 12.1 Å². The fraction of sp³-hybridized carbons (Fsp3) is 0.222. The van der Waals surface area contributed by atoms with E-state index in [1.54, 1.807) is 0 Å². The van der Waals surface area contributed by atoms with E-state index in [-0.39, 0.29) is 12.5 Å². The van der Waals surface area contributed by atoms with Gasteiger partial charge in [0.15, 0.2) is 6.10 Å². The number of pyridine rings is 1. The van der Waals surface area contributed by atoms with E-state index in [4.69, 9.17) is 20.7 Å². The summed E-state index contributed by atoms with van der Waals surface area (Å²) in [7, 11) is 0. The average molecular weight is 380 g/mol. The number of amides is 1. The van der Waals surface area contributed by atoms with Crippen LogP contribution < -0.4 is 15.0 Å². The number of hydroxylamine groups is 1. The van der Waals surface area contributed by atoms with E-state index < -0.39 is 23.8 Å². The third-order valence-corrected chi connectivity index (χ3v) is 3.12. The van der Waals surface area contributed by atoms with Crippen molar-refractivity contribution in [2.24, 2.45) is 0 Å². The molecule has 1 heterocycles. The summed E-state index contributed by atoms with van der Waals surface area (Å²) in [5.74, 6) is 2.41. The van der Waals surface area contributed by atoms with Crippen LogP contribution in [0.3, 0.4) is 0 Å². The topological polar surface area (TPSA) is 69.7 Å². The van der Waals surface area contributed by atoms with Gasteiger partial charge in [-0.05, 0) is 37.3 Å². The van der Waals surface area contributed by atoms with Gasteiger partial charge in [-0.25, -0.2) is 10.5 Å². The van der Waals surface area contributed by atoms with Crippen LogP contribution in [-0.4, -0.2) is 23.6 Å². The zero-order valence-electron chi connectivity index (χ0n) is 14.1. The lowest BCUT2D eigenvalue weighted by Gasteiger charge is -2.14. The predicted octanol–water partition coefficient (Wildman–Crippen LogP) is 3.34. The van der Waals surface area contributed by atoms with Crippen LogP contribution in [0.25, 0.3) is 0 Å². The molecule has 0 aliphatic carbocycles. The number of rotatable bonds is 7. The first-order valence-corrected chi connectivity index (χ1v) is 7.62. The third-order valence-electron chi connectivity index (χ3n) is 3.12. The third kappa shape index (κ3) is 6.20. The van der Waals surface area contributed by atoms with Crippen LogP contribution >= 0.6 is 0 Å². The van der Waals surface area contributed by atoms with Crippen LogP contribution in [0.15, 0.2) is 42.6 Å². The summed E-state index contributed by atoms with van der Waals surface area (Å²) in [4.78, 5) is 20.0. The van der Waals surface area contributed by atoms with Crippen LogP contribution in [0.1, 0.15) is 12.5 Å². The largest absolute Gasteiger partial charge is 0.481 e. The Bertz CT molecular complexity index is 799. The molecule has 142 valence electrons. The summed E-state index contributed by atoms with van der Waals surface area (Å²) in [6.07, 6.45) is 0.376. The van der Waals surface area contributed by atoms with E-state index in [2.05, 4.69) is 16.4 Å². The number of halogens is 3. The van der Waals surface area contributed by atoms with Crippen molar-refractivity contribution in [1.82, 2.24) is 10.5 Å². The highest BCUT2D eigenvalue weighted by molar-refractivity contribution is 5.79. The highest BCUT2D eigenvalue weighted by atomic mass is 19.4. The Kier molecular flexibility index (Phi) is 6.62. The van der Waals surface area contributed by atoms with Crippen LogP contribution in [0.2, 0.25) is 0 Å². The molecule has 0 saturated heterocycles. The van der Waals surface area contributed by atoms with Crippen LogP contribution in [0.4, 0.5) is 13.2 Å². The molecule has 0 radical (unpaired) electrons. The van der Waals surface area contributed by atoms with E-state index in [9.17, 15) is 18.0 Å². The van der Waals surface area contributed by atoms with Crippen molar-refractivity contribution in [2.75, 3.05) is 6.61 Å². The van der Waals surface area contributed by atoms with Gasteiger partial charge in [0.05, 0.1) is 5.56 Å². The van der Waals surface area contributed by atoms with Crippen molar-refractivity contribution in [2.45, 2.75) is 19.2 Å². The molecule has 2 aromatic rings. The molecule has 0 spiro atoms. The fourth-order valence-corrected chi connectivity index (χ4v) is 1.80. The molecule has 2 rings (SSSR count). The number of aromatic nitrogens is 1. The number of terminal acetylenes is 1. The van der Waals surface area contributed by atoms with E-state index in [1.165, 1.54) is 31.2 Å². The Morgan fingerprint density at radius 1 is 1.22 bits per heavy atom. The summed E-state index contributed by atoms with van der Waals surface area (Å²) in [6.45, 7) is 1.45. The second kappa shape index (κ2) is 8.91. The summed E-state index contributed by atoms with van der Waals surface area (Å²) >= 11 is 0. The van der Waals surface area contributed by atoms with E-state index >= 15 is 0 Å². The van der Waals surface area contributed by atoms with Gasteiger partial charge in [-0.3, -0.25) is 9.63 Å². The lowest BCUT2D eigenvalue weighted by Crippen LogP contribution is -2.36. The van der Waals surface area contributed by atoms with Gasteiger partial charge in [0, 0.05) is 12.3 Å². The average Bonchev–Trinajstić information content (AvgIpc) is 2.63. The molecule has 9 heteroatoms. The number of nitrogens with zero attached hydrogens (tertiary/aromatic N) is 1. The lowest BCUT2D eigenvalue weighted by molar-refractivity contribution is -0.139. The van der Waals surface area contributed by atoms with Crippen LogP contribution in [0.5, 0.6) is 17.4 Å². The summed E-state index contributed by atoms with van der Waals surface area (Å²) < 4.78 is 48.3. The standard InChI is InChI=1S/C18H15F3N2O4/c1-3-10-25-23-17(24)12(2)26-14-5-7-15(8-6-14)27-16-9-4-13(11-22-16)18(19,20)21/h1,4-9,11-12H,10H2,2H3,(H,23,24). The Hall–Kier alpha value is -3.25. The van der Waals surface area contributed by atoms with Crippen molar-refractivity contribution in [1.29, 1.82) is 0 Å². The molecule has 1 atom stereocenters. The second-order valence-corrected chi connectivity index (χ2v) is 5.18. The molecular formula is C18H15F3N2O4. The SMILES string of the molecule is C#CCONC(=O)C(C)Oc1ccc(Oc2ccc(C(F)(F)F)cn2)cc1. The molecule has 1 unspecified atom stereocenters. The monoisotopic (exact) mass is 380 g/mol. The smallest absolute Gasteiger partial charge is 0.417 e. The summed E-state index contributed by atoms with van der Waals surface area (Å²) in [6, 6.07) is 8.11. The molecule has 1 aromatic heterocycles. The molecule has 0 bridgehead atoms. The van der Waals surface area contributed by atoms with Crippen molar-refractivity contribution < 1.29 is 32.3 Å². The lowest BCUT2D eigenvalue weighted by atomic mass is 10.3. The summed E-state index contributed by atoms with van der Waals surface area (Å²) in [5.41, 5.74) is 1.28. The highest BCUT2D eigenvalue weighted by Crippen LogP contribution is 2.30. The first-order chi connectivity index (χ1) is 12.8. The Labute approximate surface area is 153 Å². The molecule has 1 amide bonds. The zero-order chi connectivity index (χ0) is 19.9. The van der Waals surface area contributed by atoms with Crippen LogP contribution in [-0.2, 0) is 15.8 Å².